The van der Waals surface area contributed by atoms with Crippen LogP contribution in [0.1, 0.15) is 11.1 Å². The summed E-state index contributed by atoms with van der Waals surface area (Å²) in [5.74, 6) is 0.752. The molecule has 0 saturated carbocycles. The Kier molecular flexibility index (Phi) is 5.16. The zero-order valence-corrected chi connectivity index (χ0v) is 11.9. The molecule has 0 fully saturated rings. The lowest BCUT2D eigenvalue weighted by Gasteiger charge is -2.12. The van der Waals surface area contributed by atoms with E-state index >= 15 is 0 Å². The highest BCUT2D eigenvalue weighted by Crippen LogP contribution is 2.28. The van der Waals surface area contributed by atoms with E-state index in [0.717, 1.165) is 22.4 Å². The van der Waals surface area contributed by atoms with Gasteiger partial charge in [0.1, 0.15) is 12.4 Å². The van der Waals surface area contributed by atoms with Crippen molar-refractivity contribution in [1.29, 1.82) is 0 Å². The molecule has 0 aliphatic rings. The number of aliphatic hydroxyl groups is 1. The number of hydrogen-bond acceptors (Lipinski definition) is 3. The highest BCUT2D eigenvalue weighted by molar-refractivity contribution is 5.68. The van der Waals surface area contributed by atoms with Gasteiger partial charge in [0.15, 0.2) is 0 Å². The molecule has 0 bridgehead atoms. The van der Waals surface area contributed by atoms with E-state index in [9.17, 15) is 0 Å². The summed E-state index contributed by atoms with van der Waals surface area (Å²) < 4.78 is 10.7. The molecule has 0 aliphatic heterocycles. The number of benzene rings is 2. The maximum atomic E-state index is 8.81. The van der Waals surface area contributed by atoms with Gasteiger partial charge in [-0.05, 0) is 35.7 Å². The third kappa shape index (κ3) is 3.59. The molecule has 20 heavy (non-hydrogen) atoms. The van der Waals surface area contributed by atoms with Crippen LogP contribution < -0.4 is 4.74 Å². The van der Waals surface area contributed by atoms with Crippen molar-refractivity contribution in [3.63, 3.8) is 0 Å². The molecule has 0 spiro atoms. The topological polar surface area (TPSA) is 38.7 Å². The maximum Gasteiger partial charge on any atom is 0.119 e. The lowest BCUT2D eigenvalue weighted by atomic mass is 9.99. The van der Waals surface area contributed by atoms with Crippen LogP contribution in [0.2, 0.25) is 0 Å². The van der Waals surface area contributed by atoms with Crippen LogP contribution in [0.3, 0.4) is 0 Å². The van der Waals surface area contributed by atoms with E-state index in [1.165, 1.54) is 5.56 Å². The minimum atomic E-state index is 0.0132. The first-order valence-corrected chi connectivity index (χ1v) is 6.67. The predicted octanol–water partition coefficient (Wildman–Crippen LogP) is 3.18. The Bertz CT molecular complexity index is 547. The van der Waals surface area contributed by atoms with E-state index in [4.69, 9.17) is 14.6 Å². The molecule has 3 heteroatoms. The van der Waals surface area contributed by atoms with Crippen LogP contribution in [-0.4, -0.2) is 25.4 Å². The summed E-state index contributed by atoms with van der Waals surface area (Å²) >= 11 is 0. The molecule has 0 heterocycles. The Morgan fingerprint density at radius 2 is 1.80 bits per heavy atom. The lowest BCUT2D eigenvalue weighted by molar-refractivity contribution is 0.183. The Labute approximate surface area is 119 Å². The number of hydrogen-bond donors (Lipinski definition) is 1. The first-order chi connectivity index (χ1) is 9.74. The van der Waals surface area contributed by atoms with E-state index in [1.807, 2.05) is 18.2 Å². The molecular weight excluding hydrogens is 252 g/mol. The maximum absolute atomic E-state index is 8.81. The molecule has 1 N–H and O–H groups in total. The van der Waals surface area contributed by atoms with Crippen LogP contribution in [0.25, 0.3) is 11.1 Å². The van der Waals surface area contributed by atoms with Gasteiger partial charge in [-0.15, -0.1) is 0 Å². The summed E-state index contributed by atoms with van der Waals surface area (Å²) in [7, 11) is 1.68. The van der Waals surface area contributed by atoms with E-state index in [-0.39, 0.29) is 6.61 Å². The van der Waals surface area contributed by atoms with Gasteiger partial charge in [-0.25, -0.2) is 0 Å². The molecule has 2 aromatic carbocycles. The minimum absolute atomic E-state index is 0.0132. The van der Waals surface area contributed by atoms with Crippen LogP contribution in [-0.2, 0) is 11.3 Å². The second-order valence-electron chi connectivity index (χ2n) is 4.69. The van der Waals surface area contributed by atoms with Crippen molar-refractivity contribution >= 4 is 0 Å². The van der Waals surface area contributed by atoms with Gasteiger partial charge in [-0.1, -0.05) is 35.9 Å². The normalized spacial score (nSPS) is 10.6. The Morgan fingerprint density at radius 1 is 1.05 bits per heavy atom. The summed E-state index contributed by atoms with van der Waals surface area (Å²) in [6.45, 7) is 2.92. The van der Waals surface area contributed by atoms with Gasteiger partial charge in [0.05, 0.1) is 13.2 Å². The van der Waals surface area contributed by atoms with E-state index in [2.05, 4.69) is 31.2 Å². The van der Waals surface area contributed by atoms with Crippen LogP contribution in [0.5, 0.6) is 5.75 Å². The third-order valence-corrected chi connectivity index (χ3v) is 3.10. The summed E-state index contributed by atoms with van der Waals surface area (Å²) in [5, 5.41) is 8.81. The predicted molar refractivity (Wildman–Crippen MR) is 79.9 cm³/mol. The fraction of sp³-hybridized carbons (Fsp3) is 0.294. The third-order valence-electron chi connectivity index (χ3n) is 3.10. The number of aryl methyl sites for hydroxylation is 1. The summed E-state index contributed by atoms with van der Waals surface area (Å²) in [6, 6.07) is 14.3. The summed E-state index contributed by atoms with van der Waals surface area (Å²) in [4.78, 5) is 0. The largest absolute Gasteiger partial charge is 0.491 e. The Balaban J connectivity index is 2.33. The van der Waals surface area contributed by atoms with E-state index < -0.39 is 0 Å². The van der Waals surface area contributed by atoms with Crippen molar-refractivity contribution in [2.45, 2.75) is 13.5 Å². The smallest absolute Gasteiger partial charge is 0.119 e. The number of rotatable bonds is 6. The molecular formula is C17H20O3. The molecule has 2 rings (SSSR count). The second kappa shape index (κ2) is 7.08. The average molecular weight is 272 g/mol. The fourth-order valence-corrected chi connectivity index (χ4v) is 2.11. The number of aliphatic hydroxyl groups excluding tert-OH is 1. The Hall–Kier alpha value is -1.84. The van der Waals surface area contributed by atoms with Crippen LogP contribution in [0, 0.1) is 6.92 Å². The van der Waals surface area contributed by atoms with Crippen LogP contribution in [0.4, 0.5) is 0 Å². The van der Waals surface area contributed by atoms with E-state index in [1.54, 1.807) is 7.11 Å². The van der Waals surface area contributed by atoms with Crippen molar-refractivity contribution in [3.05, 3.63) is 53.6 Å². The molecule has 3 nitrogen and oxygen atoms in total. The van der Waals surface area contributed by atoms with Gasteiger partial charge in [0, 0.05) is 7.11 Å². The lowest BCUT2D eigenvalue weighted by Crippen LogP contribution is -2.02. The Morgan fingerprint density at radius 3 is 2.45 bits per heavy atom. The SMILES string of the molecule is COCc1cc(OCCO)ccc1-c1ccc(C)cc1. The number of methoxy groups -OCH3 is 1. The van der Waals surface area contributed by atoms with Crippen molar-refractivity contribution < 1.29 is 14.6 Å². The molecule has 106 valence electrons. The van der Waals surface area contributed by atoms with Gasteiger partial charge in [-0.2, -0.15) is 0 Å². The molecule has 0 atom stereocenters. The highest BCUT2D eigenvalue weighted by Gasteiger charge is 2.07. The molecule has 0 unspecified atom stereocenters. The monoisotopic (exact) mass is 272 g/mol. The van der Waals surface area contributed by atoms with Crippen molar-refractivity contribution in [2.24, 2.45) is 0 Å². The molecule has 0 saturated heterocycles. The summed E-state index contributed by atoms with van der Waals surface area (Å²) in [5.41, 5.74) is 4.62. The van der Waals surface area contributed by atoms with Crippen molar-refractivity contribution in [1.82, 2.24) is 0 Å². The van der Waals surface area contributed by atoms with Crippen molar-refractivity contribution in [3.8, 4) is 16.9 Å². The number of ether oxygens (including phenoxy) is 2. The molecule has 0 radical (unpaired) electrons. The van der Waals surface area contributed by atoms with Crippen LogP contribution >= 0.6 is 0 Å². The zero-order chi connectivity index (χ0) is 14.4. The first-order valence-electron chi connectivity index (χ1n) is 6.67. The fourth-order valence-electron chi connectivity index (χ4n) is 2.11. The van der Waals surface area contributed by atoms with Gasteiger partial charge >= 0.3 is 0 Å². The zero-order valence-electron chi connectivity index (χ0n) is 11.9. The van der Waals surface area contributed by atoms with Crippen molar-refractivity contribution in [2.75, 3.05) is 20.3 Å². The molecule has 2 aromatic rings. The van der Waals surface area contributed by atoms with Crippen LogP contribution in [0.15, 0.2) is 42.5 Å². The molecule has 0 aliphatic carbocycles. The van der Waals surface area contributed by atoms with Gasteiger partial charge < -0.3 is 14.6 Å². The van der Waals surface area contributed by atoms with E-state index in [0.29, 0.717) is 13.2 Å². The minimum Gasteiger partial charge on any atom is -0.491 e. The first kappa shape index (κ1) is 14.6. The quantitative estimate of drug-likeness (QED) is 0.877. The molecule has 0 aromatic heterocycles. The summed E-state index contributed by atoms with van der Waals surface area (Å²) in [6.07, 6.45) is 0. The second-order valence-corrected chi connectivity index (χ2v) is 4.69. The molecule has 0 amide bonds. The highest BCUT2D eigenvalue weighted by atomic mass is 16.5. The average Bonchev–Trinajstić information content (AvgIpc) is 2.47. The van der Waals surface area contributed by atoms with Gasteiger partial charge in [-0.3, -0.25) is 0 Å². The van der Waals surface area contributed by atoms with Gasteiger partial charge in [0.2, 0.25) is 0 Å². The standard InChI is InChI=1S/C17H20O3/c1-13-3-5-14(6-4-13)17-8-7-16(20-10-9-18)11-15(17)12-19-2/h3-8,11,18H,9-10,12H2,1-2H3. The van der Waals surface area contributed by atoms with Gasteiger partial charge in [0.25, 0.3) is 0 Å².